The Labute approximate surface area is 56.1 Å². The Bertz CT molecular complexity index is 119. The van der Waals surface area contributed by atoms with E-state index in [1.54, 1.807) is 0 Å². The minimum Gasteiger partial charge on any atom is -0.393 e. The Morgan fingerprint density at radius 1 is 1.22 bits per heavy atom. The van der Waals surface area contributed by atoms with Gasteiger partial charge in [-0.15, -0.1) is 0 Å². The molecule has 2 aliphatic carbocycles. The third-order valence-electron chi connectivity index (χ3n) is 3.23. The summed E-state index contributed by atoms with van der Waals surface area (Å²) < 4.78 is 0. The van der Waals surface area contributed by atoms with Crippen LogP contribution in [0.2, 0.25) is 0 Å². The molecule has 1 N–H and O–H groups in total. The maximum atomic E-state index is 9.38. The van der Waals surface area contributed by atoms with Crippen molar-refractivity contribution in [2.24, 2.45) is 23.7 Å². The zero-order chi connectivity index (χ0) is 6.59. The van der Waals surface area contributed by atoms with Crippen molar-refractivity contribution in [3.63, 3.8) is 0 Å². The van der Waals surface area contributed by atoms with Gasteiger partial charge < -0.3 is 5.11 Å². The first-order chi connectivity index (χ1) is 4.22. The highest BCUT2D eigenvalue weighted by Gasteiger charge is 2.58. The number of fused-ring (bicyclic) bond motifs is 1. The second-order valence-electron chi connectivity index (χ2n) is 3.79. The van der Waals surface area contributed by atoms with Crippen LogP contribution in [0.5, 0.6) is 0 Å². The average molecular weight is 126 g/mol. The topological polar surface area (TPSA) is 20.2 Å². The lowest BCUT2D eigenvalue weighted by Gasteiger charge is -2.08. The lowest BCUT2D eigenvalue weighted by molar-refractivity contribution is 0.144. The predicted octanol–water partition coefficient (Wildman–Crippen LogP) is 1.27. The van der Waals surface area contributed by atoms with Crippen LogP contribution in [0.4, 0.5) is 0 Å². The van der Waals surface area contributed by atoms with E-state index in [-0.39, 0.29) is 6.10 Å². The number of hydrogen-bond acceptors (Lipinski definition) is 1. The fraction of sp³-hybridized carbons (Fsp3) is 1.00. The number of aliphatic hydroxyl groups excluding tert-OH is 1. The molecule has 0 heterocycles. The van der Waals surface area contributed by atoms with Crippen LogP contribution in [-0.2, 0) is 0 Å². The van der Waals surface area contributed by atoms with Crippen LogP contribution in [0.25, 0.3) is 0 Å². The molecule has 52 valence electrons. The van der Waals surface area contributed by atoms with E-state index in [9.17, 15) is 5.11 Å². The average Bonchev–Trinajstić information content (AvgIpc) is 2.30. The van der Waals surface area contributed by atoms with Crippen molar-refractivity contribution in [1.29, 1.82) is 0 Å². The van der Waals surface area contributed by atoms with Crippen molar-refractivity contribution in [1.82, 2.24) is 0 Å². The van der Waals surface area contributed by atoms with Gasteiger partial charge in [-0.2, -0.15) is 0 Å². The molecule has 9 heavy (non-hydrogen) atoms. The molecule has 2 saturated carbocycles. The quantitative estimate of drug-likeness (QED) is 0.518. The van der Waals surface area contributed by atoms with Gasteiger partial charge >= 0.3 is 0 Å². The third kappa shape index (κ3) is 0.586. The zero-order valence-corrected chi connectivity index (χ0v) is 6.04. The molecule has 0 saturated heterocycles. The Kier molecular flexibility index (Phi) is 0.963. The highest BCUT2D eigenvalue weighted by molar-refractivity contribution is 5.06. The van der Waals surface area contributed by atoms with Gasteiger partial charge in [0.25, 0.3) is 0 Å². The normalized spacial score (nSPS) is 63.7. The fourth-order valence-electron chi connectivity index (χ4n) is 2.73. The van der Waals surface area contributed by atoms with Gasteiger partial charge in [0, 0.05) is 0 Å². The summed E-state index contributed by atoms with van der Waals surface area (Å²) in [5.74, 6) is 3.17. The third-order valence-corrected chi connectivity index (χ3v) is 3.23. The molecule has 2 rings (SSSR count). The summed E-state index contributed by atoms with van der Waals surface area (Å²) in [4.78, 5) is 0. The van der Waals surface area contributed by atoms with E-state index in [1.807, 2.05) is 0 Å². The summed E-state index contributed by atoms with van der Waals surface area (Å²) >= 11 is 0. The molecule has 0 aromatic carbocycles. The van der Waals surface area contributed by atoms with Crippen LogP contribution in [0, 0.1) is 23.7 Å². The SMILES string of the molecule is C[C@@H]1[C@@H]2[C@H]1[C@@H](O)C[C@H]2C. The van der Waals surface area contributed by atoms with Crippen molar-refractivity contribution in [3.05, 3.63) is 0 Å². The highest BCUT2D eigenvalue weighted by Crippen LogP contribution is 2.59. The van der Waals surface area contributed by atoms with E-state index < -0.39 is 0 Å². The molecule has 1 heteroatoms. The minimum atomic E-state index is 0.0417. The van der Waals surface area contributed by atoms with Gasteiger partial charge in [0.15, 0.2) is 0 Å². The molecule has 0 aliphatic heterocycles. The summed E-state index contributed by atoms with van der Waals surface area (Å²) in [6.07, 6.45) is 1.10. The van der Waals surface area contributed by atoms with E-state index in [0.717, 1.165) is 24.2 Å². The number of hydrogen-bond donors (Lipinski definition) is 1. The molecule has 0 aromatic heterocycles. The van der Waals surface area contributed by atoms with Gasteiger partial charge in [-0.05, 0) is 30.1 Å². The maximum absolute atomic E-state index is 9.38. The van der Waals surface area contributed by atoms with Crippen LogP contribution in [0.1, 0.15) is 20.3 Å². The van der Waals surface area contributed by atoms with Gasteiger partial charge in [0.05, 0.1) is 6.10 Å². The summed E-state index contributed by atoms with van der Waals surface area (Å²) in [7, 11) is 0. The molecule has 0 radical (unpaired) electrons. The second kappa shape index (κ2) is 1.51. The van der Waals surface area contributed by atoms with Crippen LogP contribution in [0.15, 0.2) is 0 Å². The van der Waals surface area contributed by atoms with Crippen LogP contribution in [0.3, 0.4) is 0 Å². The van der Waals surface area contributed by atoms with E-state index in [2.05, 4.69) is 13.8 Å². The van der Waals surface area contributed by atoms with Gasteiger partial charge in [-0.3, -0.25) is 0 Å². The van der Waals surface area contributed by atoms with Gasteiger partial charge in [-0.1, -0.05) is 13.8 Å². The first-order valence-electron chi connectivity index (χ1n) is 3.90. The molecule has 0 amide bonds. The second-order valence-corrected chi connectivity index (χ2v) is 3.79. The van der Waals surface area contributed by atoms with Crippen LogP contribution < -0.4 is 0 Å². The fourth-order valence-corrected chi connectivity index (χ4v) is 2.73. The van der Waals surface area contributed by atoms with Crippen molar-refractivity contribution < 1.29 is 5.11 Å². The molecule has 2 fully saturated rings. The lowest BCUT2D eigenvalue weighted by atomic mass is 10.0. The first kappa shape index (κ1) is 5.72. The summed E-state index contributed by atoms with van der Waals surface area (Å²) in [6.45, 7) is 4.52. The molecule has 1 nitrogen and oxygen atoms in total. The van der Waals surface area contributed by atoms with Crippen molar-refractivity contribution in [2.75, 3.05) is 0 Å². The van der Waals surface area contributed by atoms with E-state index in [1.165, 1.54) is 0 Å². The van der Waals surface area contributed by atoms with Crippen LogP contribution >= 0.6 is 0 Å². The molecular formula is C8H14O. The molecule has 0 spiro atoms. The van der Waals surface area contributed by atoms with E-state index in [0.29, 0.717) is 5.92 Å². The Morgan fingerprint density at radius 2 is 1.89 bits per heavy atom. The van der Waals surface area contributed by atoms with Crippen molar-refractivity contribution >= 4 is 0 Å². The van der Waals surface area contributed by atoms with Crippen molar-refractivity contribution in [2.45, 2.75) is 26.4 Å². The molecule has 0 bridgehead atoms. The van der Waals surface area contributed by atoms with Gasteiger partial charge in [-0.25, -0.2) is 0 Å². The standard InChI is InChI=1S/C8H14O/c1-4-3-6(9)8-5(2)7(4)8/h4-9H,3H2,1-2H3/t4-,5-,6+,7-,8-/m1/s1. The largest absolute Gasteiger partial charge is 0.393 e. The van der Waals surface area contributed by atoms with E-state index >= 15 is 0 Å². The molecule has 0 aromatic rings. The summed E-state index contributed by atoms with van der Waals surface area (Å²) in [5.41, 5.74) is 0. The zero-order valence-electron chi connectivity index (χ0n) is 6.04. The minimum absolute atomic E-state index is 0.0417. The Hall–Kier alpha value is -0.0400. The van der Waals surface area contributed by atoms with Gasteiger partial charge in [0.1, 0.15) is 0 Å². The van der Waals surface area contributed by atoms with E-state index in [4.69, 9.17) is 0 Å². The first-order valence-corrected chi connectivity index (χ1v) is 3.90. The smallest absolute Gasteiger partial charge is 0.0576 e. The molecule has 5 atom stereocenters. The summed E-state index contributed by atoms with van der Waals surface area (Å²) in [6, 6.07) is 0. The maximum Gasteiger partial charge on any atom is 0.0576 e. The van der Waals surface area contributed by atoms with Gasteiger partial charge in [0.2, 0.25) is 0 Å². The Morgan fingerprint density at radius 3 is 2.11 bits per heavy atom. The monoisotopic (exact) mass is 126 g/mol. The highest BCUT2D eigenvalue weighted by atomic mass is 16.3. The van der Waals surface area contributed by atoms with Crippen LogP contribution in [-0.4, -0.2) is 11.2 Å². The summed E-state index contributed by atoms with van der Waals surface area (Å²) in [5, 5.41) is 9.38. The number of aliphatic hydroxyl groups is 1. The Balaban J connectivity index is 2.10. The molecule has 0 unspecified atom stereocenters. The van der Waals surface area contributed by atoms with Crippen molar-refractivity contribution in [3.8, 4) is 0 Å². The number of rotatable bonds is 0. The molecule has 2 aliphatic rings. The molecular weight excluding hydrogens is 112 g/mol. The predicted molar refractivity (Wildman–Crippen MR) is 35.9 cm³/mol. The lowest BCUT2D eigenvalue weighted by Crippen LogP contribution is -2.08.